The van der Waals surface area contributed by atoms with E-state index in [9.17, 15) is 14.3 Å². The number of ether oxygens (including phenoxy) is 1. The van der Waals surface area contributed by atoms with Gasteiger partial charge in [-0.3, -0.25) is 4.90 Å². The van der Waals surface area contributed by atoms with Crippen molar-refractivity contribution in [2.75, 3.05) is 26.3 Å². The SMILES string of the molecule is O=C(OC1CCCN(CC[18F])C1)C(O)(C1CCCCC1)C1CCCCC1. The molecule has 1 N–H and O–H groups in total. The first-order chi connectivity index (χ1) is 12.6. The fraction of sp³-hybridized carbons (Fsp3) is 0.952. The summed E-state index contributed by atoms with van der Waals surface area (Å²) >= 11 is 0. The van der Waals surface area contributed by atoms with Crippen LogP contribution in [0.4, 0.5) is 4.39 Å². The van der Waals surface area contributed by atoms with Gasteiger partial charge in [0.15, 0.2) is 5.60 Å². The Morgan fingerprint density at radius 2 is 1.54 bits per heavy atom. The molecule has 4 nitrogen and oxygen atoms in total. The number of piperidine rings is 1. The van der Waals surface area contributed by atoms with Gasteiger partial charge in [0.1, 0.15) is 12.8 Å². The molecule has 0 spiro atoms. The molecule has 3 rings (SSSR count). The van der Waals surface area contributed by atoms with Crippen molar-refractivity contribution in [1.82, 2.24) is 4.90 Å². The molecule has 0 radical (unpaired) electrons. The Morgan fingerprint density at radius 3 is 2.08 bits per heavy atom. The van der Waals surface area contributed by atoms with E-state index < -0.39 is 5.60 Å². The Bertz CT molecular complexity index is 427. The topological polar surface area (TPSA) is 49.8 Å². The molecular formula is C21H36FNO3. The Kier molecular flexibility index (Phi) is 7.33. The minimum Gasteiger partial charge on any atom is -0.459 e. The molecule has 1 heterocycles. The van der Waals surface area contributed by atoms with Crippen molar-refractivity contribution in [3.05, 3.63) is 0 Å². The van der Waals surface area contributed by atoms with Crippen LogP contribution in [0.3, 0.4) is 0 Å². The Balaban J connectivity index is 1.69. The fourth-order valence-corrected chi connectivity index (χ4v) is 5.43. The normalized spacial score (nSPS) is 27.4. The van der Waals surface area contributed by atoms with Crippen molar-refractivity contribution in [3.8, 4) is 0 Å². The first-order valence-corrected chi connectivity index (χ1v) is 10.9. The number of alkyl halides is 1. The van der Waals surface area contributed by atoms with Crippen LogP contribution in [0.15, 0.2) is 0 Å². The summed E-state index contributed by atoms with van der Waals surface area (Å²) in [7, 11) is 0. The second-order valence-electron chi connectivity index (χ2n) is 8.65. The van der Waals surface area contributed by atoms with E-state index in [2.05, 4.69) is 0 Å². The monoisotopic (exact) mass is 368 g/mol. The molecule has 0 aromatic carbocycles. The molecule has 150 valence electrons. The Hall–Kier alpha value is -0.680. The van der Waals surface area contributed by atoms with Crippen LogP contribution in [0.1, 0.15) is 77.0 Å². The van der Waals surface area contributed by atoms with E-state index in [0.29, 0.717) is 13.1 Å². The summed E-state index contributed by atoms with van der Waals surface area (Å²) in [5, 5.41) is 11.7. The quantitative estimate of drug-likeness (QED) is 0.724. The Morgan fingerprint density at radius 1 is 0.962 bits per heavy atom. The molecule has 3 aliphatic rings. The number of likely N-dealkylation sites (tertiary alicyclic amines) is 1. The lowest BCUT2D eigenvalue weighted by Crippen LogP contribution is -2.55. The number of aliphatic hydroxyl groups is 1. The molecule has 0 aromatic rings. The second kappa shape index (κ2) is 9.50. The zero-order valence-corrected chi connectivity index (χ0v) is 16.1. The maximum absolute atomic E-state index is 13.2. The second-order valence-corrected chi connectivity index (χ2v) is 8.65. The molecule has 2 aliphatic carbocycles. The van der Waals surface area contributed by atoms with Gasteiger partial charge in [-0.05, 0) is 56.9 Å². The van der Waals surface area contributed by atoms with E-state index in [4.69, 9.17) is 4.74 Å². The predicted molar refractivity (Wildman–Crippen MR) is 99.6 cm³/mol. The van der Waals surface area contributed by atoms with Gasteiger partial charge < -0.3 is 9.84 Å². The van der Waals surface area contributed by atoms with Crippen molar-refractivity contribution in [2.24, 2.45) is 11.8 Å². The maximum Gasteiger partial charge on any atom is 0.339 e. The molecule has 0 amide bonds. The van der Waals surface area contributed by atoms with Crippen LogP contribution < -0.4 is 0 Å². The zero-order valence-electron chi connectivity index (χ0n) is 16.1. The third-order valence-corrected chi connectivity index (χ3v) is 6.92. The van der Waals surface area contributed by atoms with Gasteiger partial charge in [-0.1, -0.05) is 38.5 Å². The first-order valence-electron chi connectivity index (χ1n) is 10.9. The van der Waals surface area contributed by atoms with E-state index >= 15 is 0 Å². The van der Waals surface area contributed by atoms with Gasteiger partial charge in [0.05, 0.1) is 0 Å². The van der Waals surface area contributed by atoms with Crippen LogP contribution in [-0.2, 0) is 9.53 Å². The minimum atomic E-state index is -1.32. The molecular weight excluding hydrogens is 332 g/mol. The van der Waals surface area contributed by atoms with Crippen molar-refractivity contribution < 1.29 is 19.0 Å². The minimum absolute atomic E-state index is 0.0392. The third kappa shape index (κ3) is 4.59. The number of halogens is 1. The highest BCUT2D eigenvalue weighted by Gasteiger charge is 2.51. The van der Waals surface area contributed by atoms with Gasteiger partial charge in [-0.2, -0.15) is 0 Å². The number of hydrogen-bond acceptors (Lipinski definition) is 4. The van der Waals surface area contributed by atoms with Crippen LogP contribution in [0, 0.1) is 11.8 Å². The van der Waals surface area contributed by atoms with E-state index in [-0.39, 0.29) is 30.6 Å². The van der Waals surface area contributed by atoms with Crippen molar-refractivity contribution in [1.29, 1.82) is 0 Å². The van der Waals surface area contributed by atoms with E-state index in [1.54, 1.807) is 0 Å². The molecule has 5 heteroatoms. The van der Waals surface area contributed by atoms with Crippen molar-refractivity contribution in [2.45, 2.75) is 88.8 Å². The third-order valence-electron chi connectivity index (χ3n) is 6.92. The lowest BCUT2D eigenvalue weighted by molar-refractivity contribution is -0.192. The van der Waals surface area contributed by atoms with Crippen LogP contribution >= 0.6 is 0 Å². The van der Waals surface area contributed by atoms with Crippen LogP contribution in [0.5, 0.6) is 0 Å². The summed E-state index contributed by atoms with van der Waals surface area (Å²) in [5.74, 6) is -0.307. The van der Waals surface area contributed by atoms with Gasteiger partial charge in [0.25, 0.3) is 0 Å². The van der Waals surface area contributed by atoms with Crippen molar-refractivity contribution >= 4 is 5.97 Å². The van der Waals surface area contributed by atoms with E-state index in [1.165, 1.54) is 12.8 Å². The zero-order chi connectivity index (χ0) is 18.4. The number of carbonyl (C=O) groups is 1. The average molecular weight is 369 g/mol. The predicted octanol–water partition coefficient (Wildman–Crippen LogP) is 3.86. The molecule has 1 unspecified atom stereocenters. The lowest BCUT2D eigenvalue weighted by Gasteiger charge is -2.44. The number of esters is 1. The molecule has 1 atom stereocenters. The maximum atomic E-state index is 13.2. The highest BCUT2D eigenvalue weighted by atomic mass is 18.2. The molecule has 0 aromatic heterocycles. The van der Waals surface area contributed by atoms with Gasteiger partial charge in [0, 0.05) is 13.1 Å². The summed E-state index contributed by atoms with van der Waals surface area (Å²) in [5.41, 5.74) is -1.32. The van der Waals surface area contributed by atoms with E-state index in [1.807, 2.05) is 4.90 Å². The van der Waals surface area contributed by atoms with Crippen LogP contribution in [-0.4, -0.2) is 54.0 Å². The smallest absolute Gasteiger partial charge is 0.339 e. The molecule has 26 heavy (non-hydrogen) atoms. The van der Waals surface area contributed by atoms with Gasteiger partial charge in [-0.25, -0.2) is 9.18 Å². The van der Waals surface area contributed by atoms with Crippen LogP contribution in [0.25, 0.3) is 0 Å². The number of hydrogen-bond donors (Lipinski definition) is 1. The fourth-order valence-electron chi connectivity index (χ4n) is 5.43. The summed E-state index contributed by atoms with van der Waals surface area (Å²) in [6.07, 6.45) is 12.1. The molecule has 0 bridgehead atoms. The van der Waals surface area contributed by atoms with Gasteiger partial charge in [-0.15, -0.1) is 0 Å². The van der Waals surface area contributed by atoms with Gasteiger partial charge in [0.2, 0.25) is 0 Å². The summed E-state index contributed by atoms with van der Waals surface area (Å²) in [6, 6.07) is 0. The number of carbonyl (C=O) groups excluding carboxylic acids is 1. The van der Waals surface area contributed by atoms with E-state index in [0.717, 1.165) is 70.8 Å². The summed E-state index contributed by atoms with van der Waals surface area (Å²) in [4.78, 5) is 15.3. The number of rotatable bonds is 6. The lowest BCUT2D eigenvalue weighted by atomic mass is 9.66. The average Bonchev–Trinajstić information content (AvgIpc) is 2.69. The van der Waals surface area contributed by atoms with Crippen LogP contribution in [0.2, 0.25) is 0 Å². The molecule has 1 saturated heterocycles. The summed E-state index contributed by atoms with van der Waals surface area (Å²) < 4.78 is 18.5. The van der Waals surface area contributed by atoms with Crippen molar-refractivity contribution in [3.63, 3.8) is 0 Å². The highest BCUT2D eigenvalue weighted by molar-refractivity contribution is 5.80. The molecule has 2 saturated carbocycles. The standard InChI is InChI=1S/C21H36FNO3/c22-13-15-23-14-7-12-19(16-23)26-20(24)21(25,17-8-3-1-4-9-17)18-10-5-2-6-11-18/h17-19,25H,1-16H2/i22-1. The molecule has 3 fully saturated rings. The summed E-state index contributed by atoms with van der Waals surface area (Å²) in [6.45, 7) is 1.51. The molecule has 1 aliphatic heterocycles. The highest BCUT2D eigenvalue weighted by Crippen LogP contribution is 2.44. The number of nitrogens with zero attached hydrogens (tertiary/aromatic N) is 1. The van der Waals surface area contributed by atoms with Gasteiger partial charge >= 0.3 is 5.97 Å². The largest absolute Gasteiger partial charge is 0.459 e. The Labute approximate surface area is 157 Å². The first kappa shape index (κ1) is 20.1.